The van der Waals surface area contributed by atoms with Crippen LogP contribution < -0.4 is 10.1 Å². The zero-order valence-electron chi connectivity index (χ0n) is 21.6. The quantitative estimate of drug-likeness (QED) is 0.211. The molecule has 1 aliphatic rings. The highest BCUT2D eigenvalue weighted by atomic mass is 35.5. The van der Waals surface area contributed by atoms with Gasteiger partial charge in [-0.1, -0.05) is 54.2 Å². The minimum atomic E-state index is -4.45. The summed E-state index contributed by atoms with van der Waals surface area (Å²) in [5, 5.41) is 3.76. The van der Waals surface area contributed by atoms with Gasteiger partial charge in [-0.2, -0.15) is 13.2 Å². The molecular weight excluding hydrogens is 555 g/mol. The number of ether oxygens (including phenoxy) is 1. The molecule has 6 rings (SSSR count). The number of thiocarbonyl (C=S) groups is 1. The number of rotatable bonds is 5. The van der Waals surface area contributed by atoms with E-state index in [0.29, 0.717) is 10.0 Å². The van der Waals surface area contributed by atoms with Crippen molar-refractivity contribution < 1.29 is 17.9 Å². The zero-order chi connectivity index (χ0) is 28.0. The van der Waals surface area contributed by atoms with Crippen molar-refractivity contribution in [1.29, 1.82) is 0 Å². The predicted molar refractivity (Wildman–Crippen MR) is 158 cm³/mol. The highest BCUT2D eigenvalue weighted by molar-refractivity contribution is 7.81. The van der Waals surface area contributed by atoms with Crippen molar-refractivity contribution in [1.82, 2.24) is 8.97 Å². The predicted octanol–water partition coefficient (Wildman–Crippen LogP) is 8.88. The summed E-state index contributed by atoms with van der Waals surface area (Å²) in [6, 6.07) is 20.6. The van der Waals surface area contributed by atoms with Crippen LogP contribution >= 0.6 is 23.8 Å². The lowest BCUT2D eigenvalue weighted by Crippen LogP contribution is -2.15. The fourth-order valence-corrected chi connectivity index (χ4v) is 5.94. The molecule has 3 aromatic carbocycles. The smallest absolute Gasteiger partial charge is 0.416 e. The van der Waals surface area contributed by atoms with Crippen molar-refractivity contribution >= 4 is 40.1 Å². The molecule has 0 amide bonds. The number of imidazole rings is 1. The molecule has 0 saturated heterocycles. The zero-order valence-corrected chi connectivity index (χ0v) is 23.1. The van der Waals surface area contributed by atoms with E-state index in [1.54, 1.807) is 13.2 Å². The first-order chi connectivity index (χ1) is 19.2. The van der Waals surface area contributed by atoms with Crippen molar-refractivity contribution in [3.05, 3.63) is 101 Å². The Labute approximate surface area is 240 Å². The topological polar surface area (TPSA) is 30.6 Å². The van der Waals surface area contributed by atoms with Gasteiger partial charge in [0.2, 0.25) is 0 Å². The molecule has 5 aromatic rings. The molecule has 0 saturated carbocycles. The van der Waals surface area contributed by atoms with Crippen LogP contribution in [0.5, 0.6) is 5.75 Å². The number of anilines is 1. The number of hydrogen-bond donors (Lipinski definition) is 1. The van der Waals surface area contributed by atoms with E-state index in [4.69, 9.17) is 28.6 Å². The van der Waals surface area contributed by atoms with Crippen LogP contribution in [0.1, 0.15) is 29.7 Å². The molecule has 1 aliphatic heterocycles. The Morgan fingerprint density at radius 3 is 2.40 bits per heavy atom. The Morgan fingerprint density at radius 2 is 1.70 bits per heavy atom. The summed E-state index contributed by atoms with van der Waals surface area (Å²) in [5.74, 6) is 0.735. The van der Waals surface area contributed by atoms with Gasteiger partial charge in [-0.05, 0) is 72.9 Å². The van der Waals surface area contributed by atoms with E-state index < -0.39 is 11.7 Å². The number of methoxy groups -OCH3 is 1. The third kappa shape index (κ3) is 4.75. The molecule has 0 spiro atoms. The molecule has 0 atom stereocenters. The largest absolute Gasteiger partial charge is 0.497 e. The van der Waals surface area contributed by atoms with Crippen LogP contribution in [0.4, 0.5) is 18.9 Å². The van der Waals surface area contributed by atoms with E-state index in [1.165, 1.54) is 6.07 Å². The van der Waals surface area contributed by atoms with Crippen LogP contribution in [0.3, 0.4) is 0 Å². The second kappa shape index (κ2) is 10.3. The highest BCUT2D eigenvalue weighted by Gasteiger charge is 2.31. The van der Waals surface area contributed by atoms with Gasteiger partial charge in [0.25, 0.3) is 0 Å². The van der Waals surface area contributed by atoms with Crippen LogP contribution in [0.2, 0.25) is 5.02 Å². The van der Waals surface area contributed by atoms with Crippen molar-refractivity contribution in [2.24, 2.45) is 0 Å². The van der Waals surface area contributed by atoms with Gasteiger partial charge in [0.05, 0.1) is 24.1 Å². The molecule has 2 aromatic heterocycles. The summed E-state index contributed by atoms with van der Waals surface area (Å²) in [5.41, 5.74) is 6.46. The van der Waals surface area contributed by atoms with Gasteiger partial charge in [0, 0.05) is 34.6 Å². The first-order valence-electron chi connectivity index (χ1n) is 12.9. The van der Waals surface area contributed by atoms with Gasteiger partial charge in [-0.15, -0.1) is 0 Å². The Kier molecular flexibility index (Phi) is 6.84. The molecular formula is C31H25ClF3N3OS. The van der Waals surface area contributed by atoms with Crippen LogP contribution in [0, 0.1) is 0 Å². The van der Waals surface area contributed by atoms with Crippen molar-refractivity contribution in [3.63, 3.8) is 0 Å². The number of aryl methyl sites for hydroxylation is 2. The van der Waals surface area contributed by atoms with Crippen LogP contribution in [0.25, 0.3) is 28.0 Å². The van der Waals surface area contributed by atoms with Gasteiger partial charge in [-0.3, -0.25) is 4.40 Å². The molecule has 0 unspecified atom stereocenters. The Morgan fingerprint density at radius 1 is 0.975 bits per heavy atom. The first kappa shape index (κ1) is 26.5. The number of nitrogens with zero attached hydrogens (tertiary/aromatic N) is 2. The molecule has 3 heterocycles. The Bertz CT molecular complexity index is 1720. The normalized spacial score (nSPS) is 13.3. The van der Waals surface area contributed by atoms with Crippen LogP contribution in [-0.4, -0.2) is 21.1 Å². The second-order valence-corrected chi connectivity index (χ2v) is 10.6. The Hall–Kier alpha value is -3.75. The van der Waals surface area contributed by atoms with Gasteiger partial charge in [0.1, 0.15) is 16.4 Å². The molecule has 9 heteroatoms. The third-order valence-electron chi connectivity index (χ3n) is 7.32. The van der Waals surface area contributed by atoms with E-state index >= 15 is 0 Å². The molecule has 0 radical (unpaired) electrons. The number of halogens is 4. The SMILES string of the molecule is COc1ccc(-c2c3c4n(c(-c5ccc(Cl)cc5)cn4c2C(=S)Nc2cccc(C(F)(F)F)c2)CCCC3)cc1. The highest BCUT2D eigenvalue weighted by Crippen LogP contribution is 2.40. The maximum absolute atomic E-state index is 13.4. The molecule has 0 fully saturated rings. The minimum absolute atomic E-state index is 0.279. The van der Waals surface area contributed by atoms with Gasteiger partial charge >= 0.3 is 6.18 Å². The summed E-state index contributed by atoms with van der Waals surface area (Å²) < 4.78 is 50.1. The summed E-state index contributed by atoms with van der Waals surface area (Å²) in [4.78, 5) is 0.340. The van der Waals surface area contributed by atoms with Gasteiger partial charge < -0.3 is 14.6 Å². The van der Waals surface area contributed by atoms with E-state index in [1.807, 2.05) is 48.5 Å². The fraction of sp³-hybridized carbons (Fsp3) is 0.194. The number of benzene rings is 3. The summed E-state index contributed by atoms with van der Waals surface area (Å²) in [6.45, 7) is 0.834. The summed E-state index contributed by atoms with van der Waals surface area (Å²) in [6.07, 6.45) is 0.476. The third-order valence-corrected chi connectivity index (χ3v) is 7.86. The molecule has 40 heavy (non-hydrogen) atoms. The lowest BCUT2D eigenvalue weighted by atomic mass is 9.97. The maximum atomic E-state index is 13.4. The lowest BCUT2D eigenvalue weighted by Gasteiger charge is -2.14. The standard InChI is InChI=1S/C31H25ClF3N3OS/c1-39-24-14-10-20(11-15-24)27-25-7-2-3-16-37-26(19-8-12-22(32)13-9-19)18-38(30(25)37)28(27)29(40)36-23-6-4-5-21(17-23)31(33,34)35/h4-6,8-15,17-18H,2-3,7,16H2,1H3,(H,36,40). The van der Waals surface area contributed by atoms with Gasteiger partial charge in [-0.25, -0.2) is 0 Å². The maximum Gasteiger partial charge on any atom is 0.416 e. The fourth-order valence-electron chi connectivity index (χ4n) is 5.49. The lowest BCUT2D eigenvalue weighted by molar-refractivity contribution is -0.137. The van der Waals surface area contributed by atoms with E-state index in [0.717, 1.165) is 83.0 Å². The molecule has 0 bridgehead atoms. The average molecular weight is 580 g/mol. The first-order valence-corrected chi connectivity index (χ1v) is 13.7. The van der Waals surface area contributed by atoms with Crippen LogP contribution in [0.15, 0.2) is 79.0 Å². The molecule has 204 valence electrons. The molecule has 1 N–H and O–H groups in total. The van der Waals surface area contributed by atoms with Crippen LogP contribution in [-0.2, 0) is 19.1 Å². The summed E-state index contributed by atoms with van der Waals surface area (Å²) >= 11 is 12.1. The summed E-state index contributed by atoms with van der Waals surface area (Å²) in [7, 11) is 1.62. The number of hydrogen-bond acceptors (Lipinski definition) is 2. The Balaban J connectivity index is 1.56. The van der Waals surface area contributed by atoms with Crippen molar-refractivity contribution in [2.75, 3.05) is 12.4 Å². The number of aromatic nitrogens is 2. The monoisotopic (exact) mass is 579 g/mol. The molecule has 0 aliphatic carbocycles. The number of alkyl halides is 3. The average Bonchev–Trinajstić information content (AvgIpc) is 3.36. The van der Waals surface area contributed by atoms with Crippen molar-refractivity contribution in [2.45, 2.75) is 32.0 Å². The molecule has 4 nitrogen and oxygen atoms in total. The van der Waals surface area contributed by atoms with Gasteiger partial charge in [0.15, 0.2) is 0 Å². The van der Waals surface area contributed by atoms with Crippen molar-refractivity contribution in [3.8, 4) is 28.1 Å². The van der Waals surface area contributed by atoms with E-state index in [2.05, 4.69) is 20.5 Å². The number of nitrogens with one attached hydrogen (secondary N) is 1. The second-order valence-electron chi connectivity index (χ2n) is 9.79. The van der Waals surface area contributed by atoms with E-state index in [-0.39, 0.29) is 5.69 Å². The minimum Gasteiger partial charge on any atom is -0.497 e. The van der Waals surface area contributed by atoms with E-state index in [9.17, 15) is 13.2 Å².